The van der Waals surface area contributed by atoms with Crippen LogP contribution < -0.4 is 5.32 Å². The SMILES string of the molecule is Cc1ccn2c(CC3CN(C(=O)O)CCO3)c(-c3c(F)cc(NC4CC4)cc3F)nc2c1. The van der Waals surface area contributed by atoms with Crippen LogP contribution in [0.25, 0.3) is 16.9 Å². The molecule has 0 radical (unpaired) electrons. The van der Waals surface area contributed by atoms with E-state index in [9.17, 15) is 9.90 Å². The Morgan fingerprint density at radius 3 is 2.72 bits per heavy atom. The molecule has 1 aromatic carbocycles. The molecule has 1 saturated heterocycles. The van der Waals surface area contributed by atoms with Gasteiger partial charge in [0.1, 0.15) is 17.3 Å². The minimum Gasteiger partial charge on any atom is -0.465 e. The van der Waals surface area contributed by atoms with Gasteiger partial charge < -0.3 is 24.5 Å². The second-order valence-electron chi connectivity index (χ2n) is 8.50. The number of pyridine rings is 1. The quantitative estimate of drug-likeness (QED) is 0.623. The monoisotopic (exact) mass is 442 g/mol. The van der Waals surface area contributed by atoms with Crippen LogP contribution in [0.2, 0.25) is 0 Å². The number of imidazole rings is 1. The van der Waals surface area contributed by atoms with Crippen molar-refractivity contribution >= 4 is 17.4 Å². The average molecular weight is 442 g/mol. The maximum absolute atomic E-state index is 15.2. The van der Waals surface area contributed by atoms with E-state index < -0.39 is 23.8 Å². The zero-order valence-electron chi connectivity index (χ0n) is 17.6. The molecule has 9 heteroatoms. The molecule has 7 nitrogen and oxygen atoms in total. The van der Waals surface area contributed by atoms with Crippen molar-refractivity contribution < 1.29 is 23.4 Å². The van der Waals surface area contributed by atoms with Gasteiger partial charge in [-0.2, -0.15) is 0 Å². The van der Waals surface area contributed by atoms with Crippen LogP contribution in [0, 0.1) is 18.6 Å². The number of aryl methyl sites for hydroxylation is 1. The van der Waals surface area contributed by atoms with Gasteiger partial charge in [0.15, 0.2) is 0 Å². The lowest BCUT2D eigenvalue weighted by Crippen LogP contribution is -2.45. The van der Waals surface area contributed by atoms with E-state index in [1.54, 1.807) is 4.40 Å². The Hall–Kier alpha value is -3.20. The molecule has 1 saturated carbocycles. The molecule has 168 valence electrons. The highest BCUT2D eigenvalue weighted by molar-refractivity contribution is 5.70. The minimum atomic E-state index is -1.01. The highest BCUT2D eigenvalue weighted by Gasteiger charge is 2.29. The van der Waals surface area contributed by atoms with Crippen LogP contribution >= 0.6 is 0 Å². The fourth-order valence-corrected chi connectivity index (χ4v) is 4.17. The predicted molar refractivity (Wildman–Crippen MR) is 115 cm³/mol. The predicted octanol–water partition coefficient (Wildman–Crippen LogP) is 4.08. The standard InChI is InChI=1S/C23H24F2N4O3/c1-13-4-5-29-19(11-16-12-28(23(30)31)6-7-32-16)22(27-20(29)8-13)21-17(24)9-15(10-18(21)25)26-14-2-3-14/h4-5,8-10,14,16,26H,2-3,6-7,11-12H2,1H3,(H,30,31). The van der Waals surface area contributed by atoms with Crippen LogP contribution in [0.5, 0.6) is 0 Å². The van der Waals surface area contributed by atoms with E-state index in [0.717, 1.165) is 18.4 Å². The minimum absolute atomic E-state index is 0.184. The number of carbonyl (C=O) groups is 1. The number of rotatable bonds is 5. The first-order chi connectivity index (χ1) is 15.4. The number of nitrogens with zero attached hydrogens (tertiary/aromatic N) is 3. The number of amides is 1. The number of benzene rings is 1. The number of aromatic nitrogens is 2. The number of carboxylic acid groups (broad SMARTS) is 1. The first-order valence-electron chi connectivity index (χ1n) is 10.7. The molecule has 2 aromatic heterocycles. The number of nitrogens with one attached hydrogen (secondary N) is 1. The van der Waals surface area contributed by atoms with Crippen LogP contribution in [-0.2, 0) is 11.2 Å². The molecule has 1 aliphatic carbocycles. The largest absolute Gasteiger partial charge is 0.465 e. The van der Waals surface area contributed by atoms with Crippen molar-refractivity contribution in [1.82, 2.24) is 14.3 Å². The molecule has 1 atom stereocenters. The van der Waals surface area contributed by atoms with Gasteiger partial charge in [0.05, 0.1) is 36.2 Å². The Morgan fingerprint density at radius 1 is 1.28 bits per heavy atom. The normalized spacial score (nSPS) is 18.8. The number of ether oxygens (including phenoxy) is 1. The molecule has 0 bridgehead atoms. The van der Waals surface area contributed by atoms with E-state index in [1.807, 2.05) is 25.3 Å². The summed E-state index contributed by atoms with van der Waals surface area (Å²) >= 11 is 0. The molecule has 32 heavy (non-hydrogen) atoms. The van der Waals surface area contributed by atoms with Crippen molar-refractivity contribution in [3.63, 3.8) is 0 Å². The van der Waals surface area contributed by atoms with E-state index >= 15 is 8.78 Å². The van der Waals surface area contributed by atoms with Crippen LogP contribution in [-0.4, -0.2) is 57.3 Å². The second-order valence-corrected chi connectivity index (χ2v) is 8.50. The van der Waals surface area contributed by atoms with Crippen molar-refractivity contribution in [3.05, 3.63) is 53.4 Å². The number of hydrogen-bond acceptors (Lipinski definition) is 4. The third kappa shape index (κ3) is 4.00. The van der Waals surface area contributed by atoms with Gasteiger partial charge in [0.25, 0.3) is 0 Å². The molecule has 5 rings (SSSR count). The van der Waals surface area contributed by atoms with Gasteiger partial charge in [-0.15, -0.1) is 0 Å². The molecule has 3 aromatic rings. The van der Waals surface area contributed by atoms with Crippen molar-refractivity contribution in [2.24, 2.45) is 0 Å². The van der Waals surface area contributed by atoms with Crippen molar-refractivity contribution in [3.8, 4) is 11.3 Å². The summed E-state index contributed by atoms with van der Waals surface area (Å²) in [6.07, 6.45) is 2.62. The van der Waals surface area contributed by atoms with E-state index in [4.69, 9.17) is 4.74 Å². The molecule has 2 N–H and O–H groups in total. The Morgan fingerprint density at radius 2 is 2.03 bits per heavy atom. The van der Waals surface area contributed by atoms with Gasteiger partial charge >= 0.3 is 6.09 Å². The summed E-state index contributed by atoms with van der Waals surface area (Å²) in [5, 5.41) is 12.4. The Bertz CT molecular complexity index is 1170. The zero-order valence-corrected chi connectivity index (χ0v) is 17.6. The van der Waals surface area contributed by atoms with Crippen LogP contribution in [0.1, 0.15) is 24.1 Å². The topological polar surface area (TPSA) is 79.1 Å². The summed E-state index contributed by atoms with van der Waals surface area (Å²) in [7, 11) is 0. The molecule has 1 unspecified atom stereocenters. The molecule has 2 fully saturated rings. The van der Waals surface area contributed by atoms with E-state index in [2.05, 4.69) is 10.3 Å². The van der Waals surface area contributed by atoms with Crippen molar-refractivity contribution in [2.75, 3.05) is 25.0 Å². The Labute approximate surface area is 183 Å². The second kappa shape index (κ2) is 8.05. The van der Waals surface area contributed by atoms with Crippen molar-refractivity contribution in [1.29, 1.82) is 0 Å². The smallest absolute Gasteiger partial charge is 0.407 e. The maximum atomic E-state index is 15.2. The van der Waals surface area contributed by atoms with E-state index in [-0.39, 0.29) is 36.9 Å². The first-order valence-corrected chi connectivity index (χ1v) is 10.7. The number of halogens is 2. The summed E-state index contributed by atoms with van der Waals surface area (Å²) in [6, 6.07) is 6.62. The average Bonchev–Trinajstić information content (AvgIpc) is 3.49. The van der Waals surface area contributed by atoms with E-state index in [0.29, 0.717) is 23.6 Å². The molecule has 2 aliphatic rings. The third-order valence-corrected chi connectivity index (χ3v) is 5.94. The van der Waals surface area contributed by atoms with Crippen LogP contribution in [0.4, 0.5) is 19.3 Å². The maximum Gasteiger partial charge on any atom is 0.407 e. The number of anilines is 1. The molecular formula is C23H24F2N4O3. The summed E-state index contributed by atoms with van der Waals surface area (Å²) < 4.78 is 37.9. The van der Waals surface area contributed by atoms with Gasteiger partial charge in [-0.3, -0.25) is 0 Å². The van der Waals surface area contributed by atoms with Crippen LogP contribution in [0.3, 0.4) is 0 Å². The van der Waals surface area contributed by atoms with Gasteiger partial charge in [-0.1, -0.05) is 0 Å². The summed E-state index contributed by atoms with van der Waals surface area (Å²) in [5.74, 6) is -1.38. The summed E-state index contributed by atoms with van der Waals surface area (Å²) in [4.78, 5) is 17.2. The number of hydrogen-bond donors (Lipinski definition) is 2. The zero-order chi connectivity index (χ0) is 22.4. The highest BCUT2D eigenvalue weighted by atomic mass is 19.1. The summed E-state index contributed by atoms with van der Waals surface area (Å²) in [6.45, 7) is 2.67. The molecular weight excluding hydrogens is 418 g/mol. The van der Waals surface area contributed by atoms with Gasteiger partial charge in [0, 0.05) is 30.9 Å². The molecule has 3 heterocycles. The lowest BCUT2D eigenvalue weighted by atomic mass is 10.0. The summed E-state index contributed by atoms with van der Waals surface area (Å²) in [5.41, 5.74) is 2.56. The molecule has 1 aliphatic heterocycles. The fraction of sp³-hybridized carbons (Fsp3) is 0.391. The van der Waals surface area contributed by atoms with Crippen molar-refractivity contribution in [2.45, 2.75) is 38.3 Å². The van der Waals surface area contributed by atoms with Gasteiger partial charge in [0.2, 0.25) is 0 Å². The van der Waals surface area contributed by atoms with Crippen LogP contribution in [0.15, 0.2) is 30.5 Å². The van der Waals surface area contributed by atoms with E-state index in [1.165, 1.54) is 17.0 Å². The number of morpholine rings is 1. The molecule has 1 amide bonds. The highest BCUT2D eigenvalue weighted by Crippen LogP contribution is 2.34. The van der Waals surface area contributed by atoms with Gasteiger partial charge in [-0.05, 0) is 49.6 Å². The molecule has 0 spiro atoms. The Balaban J connectivity index is 1.56. The fourth-order valence-electron chi connectivity index (χ4n) is 4.17. The lowest BCUT2D eigenvalue weighted by molar-refractivity contribution is -0.0214. The number of fused-ring (bicyclic) bond motifs is 1. The Kier molecular flexibility index (Phi) is 5.21. The first kappa shape index (κ1) is 20.7. The third-order valence-electron chi connectivity index (χ3n) is 5.94. The van der Waals surface area contributed by atoms with Gasteiger partial charge in [-0.25, -0.2) is 18.6 Å². The lowest BCUT2D eigenvalue weighted by Gasteiger charge is -2.31.